The summed E-state index contributed by atoms with van der Waals surface area (Å²) in [7, 11) is 1.31. The van der Waals surface area contributed by atoms with Crippen LogP contribution in [0, 0.1) is 6.92 Å². The number of rotatable bonds is 1. The molecule has 2 aromatic rings. The molecule has 0 aliphatic carbocycles. The average molecular weight is 226 g/mol. The molecular weight excluding hydrogens is 218 g/mol. The van der Waals surface area contributed by atoms with Crippen molar-refractivity contribution in [3.63, 3.8) is 0 Å². The van der Waals surface area contributed by atoms with Crippen molar-refractivity contribution in [2.45, 2.75) is 6.92 Å². The van der Waals surface area contributed by atoms with Gasteiger partial charge in [0, 0.05) is 11.8 Å². The Balaban J connectivity index is 2.78. The van der Waals surface area contributed by atoms with Crippen molar-refractivity contribution in [1.82, 2.24) is 14.6 Å². The second kappa shape index (κ2) is 3.51. The molecule has 0 radical (unpaired) electrons. The van der Waals surface area contributed by atoms with Crippen molar-refractivity contribution >= 4 is 23.2 Å². The highest BCUT2D eigenvalue weighted by Crippen LogP contribution is 2.23. The Morgan fingerprint density at radius 2 is 2.33 bits per heavy atom. The van der Waals surface area contributed by atoms with Gasteiger partial charge in [-0.2, -0.15) is 0 Å². The molecule has 0 aliphatic rings. The summed E-state index contributed by atoms with van der Waals surface area (Å²) in [4.78, 5) is 11.5. The highest BCUT2D eigenvalue weighted by atomic mass is 35.5. The van der Waals surface area contributed by atoms with Gasteiger partial charge in [0.1, 0.15) is 6.33 Å². The fourth-order valence-corrected chi connectivity index (χ4v) is 1.76. The van der Waals surface area contributed by atoms with Crippen molar-refractivity contribution in [2.75, 3.05) is 7.11 Å². The summed E-state index contributed by atoms with van der Waals surface area (Å²) in [5.74, 6) is -0.469. The number of fused-ring (bicyclic) bond motifs is 1. The molecule has 0 unspecified atom stereocenters. The summed E-state index contributed by atoms with van der Waals surface area (Å²) in [5, 5.41) is 7.94. The minimum absolute atomic E-state index is 0.326. The molecule has 0 N–H and O–H groups in total. The number of carbonyl (C=O) groups excluding carboxylic acids is 1. The third-order valence-corrected chi connectivity index (χ3v) is 2.45. The highest BCUT2D eigenvalue weighted by molar-refractivity contribution is 6.33. The van der Waals surface area contributed by atoms with Gasteiger partial charge in [-0.25, -0.2) is 4.79 Å². The zero-order chi connectivity index (χ0) is 11.0. The second-order valence-corrected chi connectivity index (χ2v) is 3.44. The molecule has 0 saturated heterocycles. The van der Waals surface area contributed by atoms with Gasteiger partial charge in [0.2, 0.25) is 0 Å². The molecule has 0 fully saturated rings. The van der Waals surface area contributed by atoms with E-state index in [0.29, 0.717) is 21.8 Å². The lowest BCUT2D eigenvalue weighted by Gasteiger charge is -2.06. The quantitative estimate of drug-likeness (QED) is 0.690. The van der Waals surface area contributed by atoms with Crippen LogP contribution in [0.5, 0.6) is 0 Å². The van der Waals surface area contributed by atoms with Crippen LogP contribution in [-0.4, -0.2) is 27.7 Å². The maximum Gasteiger partial charge on any atom is 0.339 e. The van der Waals surface area contributed by atoms with Crippen molar-refractivity contribution in [1.29, 1.82) is 0 Å². The zero-order valence-corrected chi connectivity index (χ0v) is 8.95. The van der Waals surface area contributed by atoms with Gasteiger partial charge in [0.15, 0.2) is 5.65 Å². The van der Waals surface area contributed by atoms with Gasteiger partial charge in [0.25, 0.3) is 0 Å². The molecule has 0 spiro atoms. The van der Waals surface area contributed by atoms with Gasteiger partial charge in [-0.3, -0.25) is 4.40 Å². The second-order valence-electron chi connectivity index (χ2n) is 3.03. The molecule has 2 rings (SSSR count). The summed E-state index contributed by atoms with van der Waals surface area (Å²) in [5.41, 5.74) is 1.59. The maximum absolute atomic E-state index is 11.5. The number of esters is 1. The van der Waals surface area contributed by atoms with E-state index in [4.69, 9.17) is 11.6 Å². The molecule has 0 aromatic carbocycles. The van der Waals surface area contributed by atoms with Gasteiger partial charge >= 0.3 is 5.97 Å². The first kappa shape index (κ1) is 9.92. The van der Waals surface area contributed by atoms with Crippen LogP contribution in [0.3, 0.4) is 0 Å². The molecule has 2 heterocycles. The monoisotopic (exact) mass is 225 g/mol. The van der Waals surface area contributed by atoms with E-state index in [2.05, 4.69) is 14.9 Å². The van der Waals surface area contributed by atoms with Crippen molar-refractivity contribution in [2.24, 2.45) is 0 Å². The Morgan fingerprint density at radius 1 is 1.60 bits per heavy atom. The fraction of sp³-hybridized carbons (Fsp3) is 0.222. The minimum Gasteiger partial charge on any atom is -0.465 e. The summed E-state index contributed by atoms with van der Waals surface area (Å²) in [6, 6.07) is 0. The lowest BCUT2D eigenvalue weighted by atomic mass is 10.1. The lowest BCUT2D eigenvalue weighted by Crippen LogP contribution is -2.07. The topological polar surface area (TPSA) is 56.5 Å². The summed E-state index contributed by atoms with van der Waals surface area (Å²) < 4.78 is 6.30. The number of pyridine rings is 1. The smallest absolute Gasteiger partial charge is 0.339 e. The number of methoxy groups -OCH3 is 1. The Labute approximate surface area is 90.6 Å². The molecule has 0 bridgehead atoms. The standard InChI is InChI=1S/C9H8ClN3O2/c1-5-7(9(14)15-2)6(10)3-13-4-11-12-8(5)13/h3-4H,1-2H3. The Kier molecular flexibility index (Phi) is 2.32. The first-order valence-electron chi connectivity index (χ1n) is 4.22. The van der Waals surface area contributed by atoms with Crippen LogP contribution < -0.4 is 0 Å². The Morgan fingerprint density at radius 3 is 3.00 bits per heavy atom. The van der Waals surface area contributed by atoms with Crippen molar-refractivity contribution in [3.8, 4) is 0 Å². The molecule has 2 aromatic heterocycles. The van der Waals surface area contributed by atoms with E-state index in [1.165, 1.54) is 13.4 Å². The molecule has 6 heteroatoms. The number of aryl methyl sites for hydroxylation is 1. The lowest BCUT2D eigenvalue weighted by molar-refractivity contribution is 0.0600. The van der Waals surface area contributed by atoms with Crippen LogP contribution in [0.25, 0.3) is 5.65 Å². The van der Waals surface area contributed by atoms with Crippen LogP contribution in [0.15, 0.2) is 12.5 Å². The molecular formula is C9H8ClN3O2. The molecule has 5 nitrogen and oxygen atoms in total. The molecule has 0 atom stereocenters. The van der Waals surface area contributed by atoms with E-state index in [0.717, 1.165) is 0 Å². The van der Waals surface area contributed by atoms with Crippen LogP contribution >= 0.6 is 11.6 Å². The predicted molar refractivity (Wildman–Crippen MR) is 54.1 cm³/mol. The van der Waals surface area contributed by atoms with Crippen LogP contribution in [0.2, 0.25) is 5.02 Å². The molecule has 0 amide bonds. The SMILES string of the molecule is COC(=O)c1c(Cl)cn2cnnc2c1C. The zero-order valence-electron chi connectivity index (χ0n) is 8.19. The molecule has 15 heavy (non-hydrogen) atoms. The van der Waals surface area contributed by atoms with Gasteiger partial charge in [-0.1, -0.05) is 11.6 Å². The van der Waals surface area contributed by atoms with Gasteiger partial charge in [0.05, 0.1) is 17.7 Å². The van der Waals surface area contributed by atoms with Gasteiger partial charge in [-0.05, 0) is 6.92 Å². The summed E-state index contributed by atoms with van der Waals surface area (Å²) >= 11 is 5.96. The number of hydrogen-bond acceptors (Lipinski definition) is 4. The minimum atomic E-state index is -0.469. The number of nitrogens with zero attached hydrogens (tertiary/aromatic N) is 3. The Bertz CT molecular complexity index is 535. The molecule has 78 valence electrons. The normalized spacial score (nSPS) is 10.6. The summed E-state index contributed by atoms with van der Waals surface area (Å²) in [6.45, 7) is 1.75. The first-order valence-corrected chi connectivity index (χ1v) is 4.59. The van der Waals surface area contributed by atoms with E-state index >= 15 is 0 Å². The first-order chi connectivity index (χ1) is 7.15. The average Bonchev–Trinajstić information content (AvgIpc) is 2.65. The molecule has 0 aliphatic heterocycles. The van der Waals surface area contributed by atoms with Crippen molar-refractivity contribution < 1.29 is 9.53 Å². The summed E-state index contributed by atoms with van der Waals surface area (Å²) in [6.07, 6.45) is 3.10. The van der Waals surface area contributed by atoms with E-state index < -0.39 is 5.97 Å². The van der Waals surface area contributed by atoms with Gasteiger partial charge in [-0.15, -0.1) is 10.2 Å². The van der Waals surface area contributed by atoms with E-state index in [9.17, 15) is 4.79 Å². The predicted octanol–water partition coefficient (Wildman–Crippen LogP) is 1.48. The number of ether oxygens (including phenoxy) is 1. The third-order valence-electron chi connectivity index (χ3n) is 2.16. The maximum atomic E-state index is 11.5. The third kappa shape index (κ3) is 1.45. The van der Waals surface area contributed by atoms with Crippen LogP contribution in [-0.2, 0) is 4.74 Å². The van der Waals surface area contributed by atoms with Crippen LogP contribution in [0.4, 0.5) is 0 Å². The van der Waals surface area contributed by atoms with E-state index in [1.54, 1.807) is 17.5 Å². The molecule has 0 saturated carbocycles. The largest absolute Gasteiger partial charge is 0.465 e. The van der Waals surface area contributed by atoms with E-state index in [1.807, 2.05) is 0 Å². The highest BCUT2D eigenvalue weighted by Gasteiger charge is 2.17. The number of aromatic nitrogens is 3. The number of halogens is 1. The Hall–Kier alpha value is -1.62. The van der Waals surface area contributed by atoms with Gasteiger partial charge < -0.3 is 4.74 Å². The van der Waals surface area contributed by atoms with E-state index in [-0.39, 0.29) is 0 Å². The van der Waals surface area contributed by atoms with Crippen molar-refractivity contribution in [3.05, 3.63) is 28.7 Å². The number of carbonyl (C=O) groups is 1. The van der Waals surface area contributed by atoms with Crippen LogP contribution in [0.1, 0.15) is 15.9 Å². The number of hydrogen-bond donors (Lipinski definition) is 0. The fourth-order valence-electron chi connectivity index (χ4n) is 1.44.